The smallest absolute Gasteiger partial charge is 0.321 e. The normalized spacial score (nSPS) is 13.3. The fourth-order valence-electron chi connectivity index (χ4n) is 3.80. The molecule has 0 saturated heterocycles. The molecule has 168 valence electrons. The molecule has 1 aliphatic heterocycles. The minimum atomic E-state index is -0.687. The molecule has 0 unspecified atom stereocenters. The Bertz CT molecular complexity index is 1200. The average Bonchev–Trinajstić information content (AvgIpc) is 3.13. The van der Waals surface area contributed by atoms with E-state index in [1.807, 2.05) is 36.4 Å². The van der Waals surface area contributed by atoms with Gasteiger partial charge in [-0.3, -0.25) is 14.9 Å². The Balaban J connectivity index is 1.57. The number of methoxy groups -OCH3 is 1. The molecule has 4 rings (SSSR count). The predicted octanol–water partition coefficient (Wildman–Crippen LogP) is 3.05. The van der Waals surface area contributed by atoms with Crippen LogP contribution < -0.4 is 15.4 Å². The molecule has 0 fully saturated rings. The summed E-state index contributed by atoms with van der Waals surface area (Å²) in [6, 6.07) is 13.9. The fourth-order valence-corrected chi connectivity index (χ4v) is 3.80. The van der Waals surface area contributed by atoms with Gasteiger partial charge in [-0.15, -0.1) is 0 Å². The Labute approximate surface area is 189 Å². The van der Waals surface area contributed by atoms with E-state index in [0.29, 0.717) is 18.0 Å². The first-order valence-corrected chi connectivity index (χ1v) is 10.2. The van der Waals surface area contributed by atoms with Crippen LogP contribution in [0.4, 0.5) is 9.18 Å². The summed E-state index contributed by atoms with van der Waals surface area (Å²) in [5.74, 6) is -0.301. The summed E-state index contributed by atoms with van der Waals surface area (Å²) in [6.45, 7) is 0.445. The second kappa shape index (κ2) is 9.47. The largest absolute Gasteiger partial charge is 0.481 e. The molecule has 0 saturated carbocycles. The van der Waals surface area contributed by atoms with Gasteiger partial charge in [0.05, 0.1) is 13.2 Å². The highest BCUT2D eigenvalue weighted by Crippen LogP contribution is 2.28. The molecule has 2 heterocycles. The minimum Gasteiger partial charge on any atom is -0.481 e. The van der Waals surface area contributed by atoms with E-state index in [2.05, 4.69) is 15.6 Å². The number of pyridine rings is 1. The number of aromatic nitrogens is 1. The summed E-state index contributed by atoms with van der Waals surface area (Å²) in [4.78, 5) is 41.2. The summed E-state index contributed by atoms with van der Waals surface area (Å²) in [7, 11) is 1.54. The second-order valence-electron chi connectivity index (χ2n) is 7.48. The zero-order valence-electron chi connectivity index (χ0n) is 17.7. The number of fused-ring (bicyclic) bond motifs is 1. The maximum Gasteiger partial charge on any atom is 0.321 e. The molecule has 4 amide bonds. The van der Waals surface area contributed by atoms with Crippen LogP contribution in [0.3, 0.4) is 0 Å². The quantitative estimate of drug-likeness (QED) is 0.541. The van der Waals surface area contributed by atoms with Crippen LogP contribution >= 0.6 is 0 Å². The lowest BCUT2D eigenvalue weighted by molar-refractivity contribution is -0.108. The molecule has 2 N–H and O–H groups in total. The number of carbonyl (C=O) groups is 3. The molecular weight excluding hydrogens is 427 g/mol. The van der Waals surface area contributed by atoms with Crippen molar-refractivity contribution < 1.29 is 23.5 Å². The maximum atomic E-state index is 13.6. The van der Waals surface area contributed by atoms with E-state index in [0.717, 1.165) is 22.3 Å². The number of carbonyl (C=O) groups excluding carboxylic acids is 3. The van der Waals surface area contributed by atoms with Gasteiger partial charge in [0.25, 0.3) is 5.91 Å². The van der Waals surface area contributed by atoms with Crippen LogP contribution in [-0.4, -0.2) is 41.9 Å². The number of halogens is 1. The van der Waals surface area contributed by atoms with Crippen molar-refractivity contribution in [3.8, 4) is 17.0 Å². The van der Waals surface area contributed by atoms with Crippen molar-refractivity contribution in [1.29, 1.82) is 0 Å². The summed E-state index contributed by atoms with van der Waals surface area (Å²) in [5, 5.41) is 4.77. The Hall–Kier alpha value is -4.27. The van der Waals surface area contributed by atoms with Crippen molar-refractivity contribution in [1.82, 2.24) is 20.5 Å². The van der Waals surface area contributed by atoms with Crippen molar-refractivity contribution in [2.45, 2.75) is 12.6 Å². The lowest BCUT2D eigenvalue weighted by atomic mass is 10.0. The van der Waals surface area contributed by atoms with Gasteiger partial charge >= 0.3 is 6.03 Å². The monoisotopic (exact) mass is 448 g/mol. The Morgan fingerprint density at radius 1 is 1.18 bits per heavy atom. The lowest BCUT2D eigenvalue weighted by Crippen LogP contribution is -2.42. The van der Waals surface area contributed by atoms with Gasteiger partial charge in [-0.1, -0.05) is 30.3 Å². The van der Waals surface area contributed by atoms with E-state index in [4.69, 9.17) is 4.74 Å². The molecule has 8 nitrogen and oxygen atoms in total. The van der Waals surface area contributed by atoms with Crippen LogP contribution in [0.2, 0.25) is 0 Å². The molecule has 2 aromatic carbocycles. The zero-order chi connectivity index (χ0) is 23.4. The molecule has 0 bridgehead atoms. The molecule has 1 atom stereocenters. The predicted molar refractivity (Wildman–Crippen MR) is 118 cm³/mol. The number of imide groups is 1. The highest BCUT2D eigenvalue weighted by Gasteiger charge is 2.30. The number of rotatable bonds is 7. The lowest BCUT2D eigenvalue weighted by Gasteiger charge is -2.25. The zero-order valence-corrected chi connectivity index (χ0v) is 17.7. The van der Waals surface area contributed by atoms with Crippen molar-refractivity contribution in [2.24, 2.45) is 0 Å². The van der Waals surface area contributed by atoms with Crippen molar-refractivity contribution >= 4 is 18.3 Å². The average molecular weight is 448 g/mol. The second-order valence-corrected chi connectivity index (χ2v) is 7.48. The van der Waals surface area contributed by atoms with Gasteiger partial charge in [0.15, 0.2) is 0 Å². The highest BCUT2D eigenvalue weighted by molar-refractivity contribution is 5.98. The molecule has 9 heteroatoms. The van der Waals surface area contributed by atoms with Crippen LogP contribution in [0, 0.1) is 5.82 Å². The Morgan fingerprint density at radius 2 is 1.97 bits per heavy atom. The number of nitrogens with zero attached hydrogens (tertiary/aromatic N) is 2. The Morgan fingerprint density at radius 3 is 2.70 bits per heavy atom. The minimum absolute atomic E-state index is 0.143. The molecule has 0 aliphatic carbocycles. The van der Waals surface area contributed by atoms with Crippen LogP contribution in [0.1, 0.15) is 27.5 Å². The maximum absolute atomic E-state index is 13.6. The number of amides is 4. The van der Waals surface area contributed by atoms with Crippen molar-refractivity contribution in [3.63, 3.8) is 0 Å². The van der Waals surface area contributed by atoms with E-state index < -0.39 is 17.9 Å². The van der Waals surface area contributed by atoms with Gasteiger partial charge in [0.2, 0.25) is 12.3 Å². The summed E-state index contributed by atoms with van der Waals surface area (Å²) >= 11 is 0. The first kappa shape index (κ1) is 21.9. The number of hydrogen-bond acceptors (Lipinski definition) is 5. The highest BCUT2D eigenvalue weighted by atomic mass is 19.1. The van der Waals surface area contributed by atoms with Crippen molar-refractivity contribution in [2.75, 3.05) is 13.7 Å². The van der Waals surface area contributed by atoms with Crippen LogP contribution in [0.15, 0.2) is 60.8 Å². The topological polar surface area (TPSA) is 101 Å². The van der Waals surface area contributed by atoms with Crippen LogP contribution in [0.25, 0.3) is 11.1 Å². The number of ether oxygens (including phenoxy) is 1. The number of benzene rings is 2. The summed E-state index contributed by atoms with van der Waals surface area (Å²) in [6.07, 6.45) is 1.93. The third kappa shape index (κ3) is 4.82. The van der Waals surface area contributed by atoms with E-state index >= 15 is 0 Å². The van der Waals surface area contributed by atoms with Crippen LogP contribution in [-0.2, 0) is 11.3 Å². The molecule has 1 aromatic heterocycles. The van der Waals surface area contributed by atoms with E-state index in [-0.39, 0.29) is 18.9 Å². The van der Waals surface area contributed by atoms with E-state index in [9.17, 15) is 18.8 Å². The van der Waals surface area contributed by atoms with Gasteiger partial charge in [-0.05, 0) is 40.5 Å². The third-order valence-corrected chi connectivity index (χ3v) is 5.44. The first-order valence-electron chi connectivity index (χ1n) is 10.2. The third-order valence-electron chi connectivity index (χ3n) is 5.44. The summed E-state index contributed by atoms with van der Waals surface area (Å²) in [5.41, 5.74) is 3.59. The molecule has 3 aromatic rings. The van der Waals surface area contributed by atoms with Gasteiger partial charge in [-0.2, -0.15) is 0 Å². The SMILES string of the molecule is COc1cc(-c2ccc([C@H](CN3Cc4ccc(F)cc4C3=O)NC(=O)NC=O)cc2)ccn1. The summed E-state index contributed by atoms with van der Waals surface area (Å²) < 4.78 is 18.8. The Kier molecular flexibility index (Phi) is 6.30. The number of nitrogens with one attached hydrogen (secondary N) is 2. The molecular formula is C24H21FN4O4. The standard InChI is InChI=1S/C24H21FN4O4/c1-33-22-10-17(8-9-26-22)15-2-4-16(5-3-15)21(28-24(32)27-14-30)13-29-12-18-6-7-19(25)11-20(18)23(29)31/h2-11,14,21H,12-13H2,1H3,(H2,27,28,30,32)/t21-/m0/s1. The fraction of sp³-hybridized carbons (Fsp3) is 0.167. The van der Waals surface area contributed by atoms with E-state index in [1.165, 1.54) is 17.0 Å². The van der Waals surface area contributed by atoms with Gasteiger partial charge in [0, 0.05) is 30.9 Å². The first-order chi connectivity index (χ1) is 16.0. The van der Waals surface area contributed by atoms with Gasteiger partial charge < -0.3 is 15.0 Å². The van der Waals surface area contributed by atoms with E-state index in [1.54, 1.807) is 19.4 Å². The van der Waals surface area contributed by atoms with Crippen molar-refractivity contribution in [3.05, 3.63) is 83.3 Å². The van der Waals surface area contributed by atoms with Gasteiger partial charge in [-0.25, -0.2) is 14.2 Å². The van der Waals surface area contributed by atoms with Gasteiger partial charge in [0.1, 0.15) is 5.82 Å². The number of hydrogen-bond donors (Lipinski definition) is 2. The molecule has 0 spiro atoms. The number of urea groups is 1. The molecule has 33 heavy (non-hydrogen) atoms. The van der Waals surface area contributed by atoms with Crippen LogP contribution in [0.5, 0.6) is 5.88 Å². The molecule has 1 aliphatic rings. The molecule has 0 radical (unpaired) electrons.